The smallest absolute Gasteiger partial charge is 0.248 e. The van der Waals surface area contributed by atoms with E-state index in [4.69, 9.17) is 11.6 Å². The molecule has 0 amide bonds. The summed E-state index contributed by atoms with van der Waals surface area (Å²) in [7, 11) is 0. The van der Waals surface area contributed by atoms with Crippen LogP contribution in [0, 0.1) is 0 Å². The van der Waals surface area contributed by atoms with Crippen LogP contribution in [0.1, 0.15) is 30.1 Å². The van der Waals surface area contributed by atoms with Crippen molar-refractivity contribution in [2.45, 2.75) is 24.9 Å². The predicted molar refractivity (Wildman–Crippen MR) is 46.2 cm³/mol. The van der Waals surface area contributed by atoms with Gasteiger partial charge in [0.05, 0.1) is 0 Å². The summed E-state index contributed by atoms with van der Waals surface area (Å²) in [6, 6.07) is 2.36. The SMILES string of the molecule is FC(F)(F)c1cc(Cl)cc(C2CC2)n1. The van der Waals surface area contributed by atoms with Gasteiger partial charge in [0.15, 0.2) is 0 Å². The van der Waals surface area contributed by atoms with Crippen molar-refractivity contribution in [3.8, 4) is 0 Å². The van der Waals surface area contributed by atoms with Crippen LogP contribution in [0.5, 0.6) is 0 Å². The highest BCUT2D eigenvalue weighted by molar-refractivity contribution is 6.30. The van der Waals surface area contributed by atoms with Crippen LogP contribution in [0.3, 0.4) is 0 Å². The van der Waals surface area contributed by atoms with E-state index in [0.29, 0.717) is 5.69 Å². The maximum atomic E-state index is 12.3. The van der Waals surface area contributed by atoms with Gasteiger partial charge in [0, 0.05) is 16.6 Å². The van der Waals surface area contributed by atoms with E-state index in [0.717, 1.165) is 18.9 Å². The minimum Gasteiger partial charge on any atom is -0.248 e. The Morgan fingerprint density at radius 3 is 2.43 bits per heavy atom. The lowest BCUT2D eigenvalue weighted by Crippen LogP contribution is -2.09. The first kappa shape index (κ1) is 9.77. The van der Waals surface area contributed by atoms with E-state index in [1.54, 1.807) is 0 Å². The molecule has 1 aliphatic carbocycles. The van der Waals surface area contributed by atoms with E-state index >= 15 is 0 Å². The molecule has 0 atom stereocenters. The second-order valence-electron chi connectivity index (χ2n) is 3.37. The highest BCUT2D eigenvalue weighted by Gasteiger charge is 2.35. The molecular weight excluding hydrogens is 215 g/mol. The van der Waals surface area contributed by atoms with Gasteiger partial charge in [-0.25, -0.2) is 4.98 Å². The predicted octanol–water partition coefficient (Wildman–Crippen LogP) is 3.63. The Morgan fingerprint density at radius 1 is 1.29 bits per heavy atom. The number of nitrogens with zero attached hydrogens (tertiary/aromatic N) is 1. The normalized spacial score (nSPS) is 17.1. The van der Waals surface area contributed by atoms with Crippen molar-refractivity contribution in [1.29, 1.82) is 0 Å². The highest BCUT2D eigenvalue weighted by Crippen LogP contribution is 2.41. The van der Waals surface area contributed by atoms with E-state index in [-0.39, 0.29) is 10.9 Å². The molecule has 1 heterocycles. The molecule has 0 spiro atoms. The molecule has 1 aromatic heterocycles. The maximum absolute atomic E-state index is 12.3. The molecule has 1 fully saturated rings. The summed E-state index contributed by atoms with van der Waals surface area (Å²) < 4.78 is 36.9. The molecule has 0 N–H and O–H groups in total. The first-order chi connectivity index (χ1) is 6.47. The zero-order valence-electron chi connectivity index (χ0n) is 7.11. The summed E-state index contributed by atoms with van der Waals surface area (Å²) in [6.45, 7) is 0. The molecule has 1 aliphatic rings. The van der Waals surface area contributed by atoms with Crippen LogP contribution in [0.25, 0.3) is 0 Å². The standard InChI is InChI=1S/C9H7ClF3N/c10-6-3-7(5-1-2-5)14-8(4-6)9(11,12)13/h3-5H,1-2H2. The molecule has 0 aromatic carbocycles. The van der Waals surface area contributed by atoms with E-state index in [2.05, 4.69) is 4.98 Å². The average Bonchev–Trinajstić information content (AvgIpc) is 2.83. The topological polar surface area (TPSA) is 12.9 Å². The molecule has 0 unspecified atom stereocenters. The molecule has 5 heteroatoms. The van der Waals surface area contributed by atoms with Gasteiger partial charge in [0.25, 0.3) is 0 Å². The van der Waals surface area contributed by atoms with Gasteiger partial charge in [-0.15, -0.1) is 0 Å². The van der Waals surface area contributed by atoms with Crippen molar-refractivity contribution >= 4 is 11.6 Å². The summed E-state index contributed by atoms with van der Waals surface area (Å²) in [5.41, 5.74) is -0.434. The monoisotopic (exact) mass is 221 g/mol. The molecular formula is C9H7ClF3N. The highest BCUT2D eigenvalue weighted by atomic mass is 35.5. The Hall–Kier alpha value is -0.770. The summed E-state index contributed by atoms with van der Waals surface area (Å²) in [6.07, 6.45) is -2.59. The Balaban J connectivity index is 2.41. The second kappa shape index (κ2) is 3.12. The van der Waals surface area contributed by atoms with E-state index in [1.165, 1.54) is 6.07 Å². The second-order valence-corrected chi connectivity index (χ2v) is 3.80. The quantitative estimate of drug-likeness (QED) is 0.706. The number of aromatic nitrogens is 1. The molecule has 0 saturated heterocycles. The first-order valence-corrected chi connectivity index (χ1v) is 4.59. The first-order valence-electron chi connectivity index (χ1n) is 4.21. The van der Waals surface area contributed by atoms with Crippen LogP contribution in [-0.4, -0.2) is 4.98 Å². The molecule has 1 saturated carbocycles. The third-order valence-corrected chi connectivity index (χ3v) is 2.31. The van der Waals surface area contributed by atoms with E-state index < -0.39 is 11.9 Å². The van der Waals surface area contributed by atoms with Crippen LogP contribution in [0.15, 0.2) is 12.1 Å². The molecule has 0 aliphatic heterocycles. The minimum atomic E-state index is -4.41. The number of hydrogen-bond donors (Lipinski definition) is 0. The fourth-order valence-electron chi connectivity index (χ4n) is 1.25. The van der Waals surface area contributed by atoms with Gasteiger partial charge in [-0.05, 0) is 25.0 Å². The van der Waals surface area contributed by atoms with Crippen LogP contribution in [0.2, 0.25) is 5.02 Å². The van der Waals surface area contributed by atoms with Crippen molar-refractivity contribution in [1.82, 2.24) is 4.98 Å². The van der Waals surface area contributed by atoms with Gasteiger partial charge < -0.3 is 0 Å². The lowest BCUT2D eigenvalue weighted by atomic mass is 10.2. The largest absolute Gasteiger partial charge is 0.433 e. The van der Waals surface area contributed by atoms with Crippen LogP contribution < -0.4 is 0 Å². The summed E-state index contributed by atoms with van der Waals surface area (Å²) >= 11 is 5.59. The van der Waals surface area contributed by atoms with E-state index in [1.807, 2.05) is 0 Å². The van der Waals surface area contributed by atoms with Crippen LogP contribution >= 0.6 is 11.6 Å². The molecule has 2 rings (SSSR count). The lowest BCUT2D eigenvalue weighted by Gasteiger charge is -2.07. The van der Waals surface area contributed by atoms with Gasteiger partial charge >= 0.3 is 6.18 Å². The third kappa shape index (κ3) is 2.00. The maximum Gasteiger partial charge on any atom is 0.433 e. The fraction of sp³-hybridized carbons (Fsp3) is 0.444. The Kier molecular flexibility index (Phi) is 2.18. The molecule has 0 radical (unpaired) electrons. The zero-order valence-corrected chi connectivity index (χ0v) is 7.86. The van der Waals surface area contributed by atoms with Gasteiger partial charge in [-0.2, -0.15) is 13.2 Å². The fourth-order valence-corrected chi connectivity index (χ4v) is 1.47. The van der Waals surface area contributed by atoms with Gasteiger partial charge in [-0.1, -0.05) is 11.6 Å². The molecule has 1 aromatic rings. The minimum absolute atomic E-state index is 0.106. The van der Waals surface area contributed by atoms with Crippen molar-refractivity contribution in [2.75, 3.05) is 0 Å². The number of halogens is 4. The zero-order chi connectivity index (χ0) is 10.3. The van der Waals surface area contributed by atoms with Gasteiger partial charge in [0.1, 0.15) is 5.69 Å². The van der Waals surface area contributed by atoms with Crippen LogP contribution in [0.4, 0.5) is 13.2 Å². The number of pyridine rings is 1. The Labute approximate surface area is 83.9 Å². The number of alkyl halides is 3. The average molecular weight is 222 g/mol. The lowest BCUT2D eigenvalue weighted by molar-refractivity contribution is -0.141. The number of rotatable bonds is 1. The molecule has 1 nitrogen and oxygen atoms in total. The van der Waals surface area contributed by atoms with Gasteiger partial charge in [0.2, 0.25) is 0 Å². The van der Waals surface area contributed by atoms with Crippen molar-refractivity contribution in [3.63, 3.8) is 0 Å². The summed E-state index contributed by atoms with van der Waals surface area (Å²) in [5, 5.41) is 0.106. The van der Waals surface area contributed by atoms with Crippen molar-refractivity contribution in [2.24, 2.45) is 0 Å². The van der Waals surface area contributed by atoms with Crippen LogP contribution in [-0.2, 0) is 6.18 Å². The van der Waals surface area contributed by atoms with E-state index in [9.17, 15) is 13.2 Å². The Bertz CT molecular complexity index is 358. The van der Waals surface area contributed by atoms with Crippen molar-refractivity contribution in [3.05, 3.63) is 28.5 Å². The third-order valence-electron chi connectivity index (χ3n) is 2.10. The Morgan fingerprint density at radius 2 is 1.93 bits per heavy atom. The summed E-state index contributed by atoms with van der Waals surface area (Å²) in [4.78, 5) is 3.56. The molecule has 0 bridgehead atoms. The molecule has 14 heavy (non-hydrogen) atoms. The van der Waals surface area contributed by atoms with Crippen molar-refractivity contribution < 1.29 is 13.2 Å². The molecule has 76 valence electrons. The number of hydrogen-bond acceptors (Lipinski definition) is 1. The van der Waals surface area contributed by atoms with Gasteiger partial charge in [-0.3, -0.25) is 0 Å². The summed E-state index contributed by atoms with van der Waals surface area (Å²) in [5.74, 6) is 0.176.